The van der Waals surface area contributed by atoms with Gasteiger partial charge in [0.25, 0.3) is 0 Å². The molecule has 3 rings (SSSR count). The van der Waals surface area contributed by atoms with Gasteiger partial charge >= 0.3 is 0 Å². The summed E-state index contributed by atoms with van der Waals surface area (Å²) in [6, 6.07) is 20.5. The van der Waals surface area contributed by atoms with Gasteiger partial charge in [0.15, 0.2) is 5.82 Å². The highest BCUT2D eigenvalue weighted by molar-refractivity contribution is 5.64. The lowest BCUT2D eigenvalue weighted by Gasteiger charge is -2.06. The molecule has 2 nitrogen and oxygen atoms in total. The van der Waals surface area contributed by atoms with Crippen molar-refractivity contribution in [1.29, 1.82) is 0 Å². The first-order chi connectivity index (χ1) is 9.72. The molecule has 0 aliphatic rings. The molecule has 1 heterocycles. The second-order valence-electron chi connectivity index (χ2n) is 4.95. The summed E-state index contributed by atoms with van der Waals surface area (Å²) in [5.41, 5.74) is 5.37. The van der Waals surface area contributed by atoms with Crippen molar-refractivity contribution in [2.24, 2.45) is 0 Å². The number of benzene rings is 2. The molecule has 0 saturated carbocycles. The van der Waals surface area contributed by atoms with Crippen molar-refractivity contribution >= 4 is 0 Å². The van der Waals surface area contributed by atoms with E-state index in [1.807, 2.05) is 43.3 Å². The van der Waals surface area contributed by atoms with Crippen LogP contribution in [0, 0.1) is 13.8 Å². The number of rotatable bonds is 2. The van der Waals surface area contributed by atoms with Crippen molar-refractivity contribution in [3.05, 3.63) is 71.9 Å². The van der Waals surface area contributed by atoms with E-state index in [0.717, 1.165) is 28.3 Å². The third kappa shape index (κ3) is 2.59. The highest BCUT2D eigenvalue weighted by Gasteiger charge is 2.06. The van der Waals surface area contributed by atoms with E-state index in [4.69, 9.17) is 4.98 Å². The predicted octanol–water partition coefficient (Wildman–Crippen LogP) is 4.43. The van der Waals surface area contributed by atoms with Crippen molar-refractivity contribution in [3.63, 3.8) is 0 Å². The molecule has 0 N–H and O–H groups in total. The Morgan fingerprint density at radius 3 is 2.10 bits per heavy atom. The molecule has 0 bridgehead atoms. The average molecular weight is 260 g/mol. The van der Waals surface area contributed by atoms with Gasteiger partial charge < -0.3 is 0 Å². The number of aryl methyl sites for hydroxylation is 2. The molecule has 0 fully saturated rings. The zero-order chi connectivity index (χ0) is 13.9. The Bertz CT molecular complexity index is 716. The maximum absolute atomic E-state index is 4.69. The molecule has 0 spiro atoms. The molecule has 0 aliphatic heterocycles. The standard InChI is InChI=1S/C18H16N2/c1-13-8-10-15(11-9-13)17-12-14(2)19-18(20-17)16-6-4-3-5-7-16/h3-12H,1-2H3. The van der Waals surface area contributed by atoms with Crippen LogP contribution in [-0.4, -0.2) is 9.97 Å². The molecule has 20 heavy (non-hydrogen) atoms. The molecule has 98 valence electrons. The molecule has 3 aromatic rings. The fourth-order valence-corrected chi connectivity index (χ4v) is 2.16. The van der Waals surface area contributed by atoms with Crippen LogP contribution >= 0.6 is 0 Å². The van der Waals surface area contributed by atoms with Gasteiger partial charge in [-0.2, -0.15) is 0 Å². The van der Waals surface area contributed by atoms with E-state index in [-0.39, 0.29) is 0 Å². The third-order valence-electron chi connectivity index (χ3n) is 3.23. The minimum absolute atomic E-state index is 0.779. The van der Waals surface area contributed by atoms with Crippen LogP contribution in [0.25, 0.3) is 22.6 Å². The van der Waals surface area contributed by atoms with Crippen molar-refractivity contribution in [2.45, 2.75) is 13.8 Å². The molecule has 2 heteroatoms. The summed E-state index contributed by atoms with van der Waals surface area (Å²) in [6.45, 7) is 4.09. The van der Waals surface area contributed by atoms with Crippen LogP contribution in [0.4, 0.5) is 0 Å². The van der Waals surface area contributed by atoms with Crippen LogP contribution in [0.15, 0.2) is 60.7 Å². The van der Waals surface area contributed by atoms with E-state index in [0.29, 0.717) is 0 Å². The lowest BCUT2D eigenvalue weighted by molar-refractivity contribution is 1.11. The molecule has 0 atom stereocenters. The molecule has 0 aliphatic carbocycles. The van der Waals surface area contributed by atoms with Gasteiger partial charge in [0.05, 0.1) is 5.69 Å². The van der Waals surface area contributed by atoms with E-state index >= 15 is 0 Å². The number of nitrogens with zero attached hydrogens (tertiary/aromatic N) is 2. The van der Waals surface area contributed by atoms with Crippen molar-refractivity contribution in [1.82, 2.24) is 9.97 Å². The van der Waals surface area contributed by atoms with Crippen LogP contribution < -0.4 is 0 Å². The minimum Gasteiger partial charge on any atom is -0.233 e. The summed E-state index contributed by atoms with van der Waals surface area (Å²) in [5, 5.41) is 0. The maximum atomic E-state index is 4.69. The van der Waals surface area contributed by atoms with Crippen molar-refractivity contribution in [3.8, 4) is 22.6 Å². The van der Waals surface area contributed by atoms with Crippen LogP contribution in [0.2, 0.25) is 0 Å². The van der Waals surface area contributed by atoms with Crippen LogP contribution in [0.1, 0.15) is 11.3 Å². The average Bonchev–Trinajstić information content (AvgIpc) is 2.48. The van der Waals surface area contributed by atoms with Gasteiger partial charge in [0.2, 0.25) is 0 Å². The molecule has 0 saturated heterocycles. The zero-order valence-corrected chi connectivity index (χ0v) is 11.7. The Hall–Kier alpha value is -2.48. The monoisotopic (exact) mass is 260 g/mol. The van der Waals surface area contributed by atoms with Crippen molar-refractivity contribution in [2.75, 3.05) is 0 Å². The Balaban J connectivity index is 2.09. The Labute approximate surface area is 119 Å². The van der Waals surface area contributed by atoms with Gasteiger partial charge in [-0.3, -0.25) is 0 Å². The first-order valence-electron chi connectivity index (χ1n) is 6.70. The number of hydrogen-bond donors (Lipinski definition) is 0. The van der Waals surface area contributed by atoms with Crippen LogP contribution in [0.3, 0.4) is 0 Å². The van der Waals surface area contributed by atoms with Crippen LogP contribution in [0.5, 0.6) is 0 Å². The van der Waals surface area contributed by atoms with Gasteiger partial charge in [0, 0.05) is 16.8 Å². The Kier molecular flexibility index (Phi) is 3.30. The minimum atomic E-state index is 0.779. The van der Waals surface area contributed by atoms with E-state index in [2.05, 4.69) is 36.2 Å². The third-order valence-corrected chi connectivity index (χ3v) is 3.23. The van der Waals surface area contributed by atoms with Gasteiger partial charge in [0.1, 0.15) is 0 Å². The zero-order valence-electron chi connectivity index (χ0n) is 11.7. The molecular weight excluding hydrogens is 244 g/mol. The predicted molar refractivity (Wildman–Crippen MR) is 82.4 cm³/mol. The quantitative estimate of drug-likeness (QED) is 0.681. The first-order valence-corrected chi connectivity index (χ1v) is 6.70. The lowest BCUT2D eigenvalue weighted by Crippen LogP contribution is -1.94. The smallest absolute Gasteiger partial charge is 0.160 e. The fourth-order valence-electron chi connectivity index (χ4n) is 2.16. The van der Waals surface area contributed by atoms with Gasteiger partial charge in [-0.1, -0.05) is 60.2 Å². The number of aromatic nitrogens is 2. The summed E-state index contributed by atoms with van der Waals surface area (Å²) in [4.78, 5) is 9.23. The number of hydrogen-bond acceptors (Lipinski definition) is 2. The SMILES string of the molecule is Cc1ccc(-c2cc(C)nc(-c3ccccc3)n2)cc1. The van der Waals surface area contributed by atoms with Crippen LogP contribution in [-0.2, 0) is 0 Å². The summed E-state index contributed by atoms with van der Waals surface area (Å²) in [6.07, 6.45) is 0. The lowest BCUT2D eigenvalue weighted by atomic mass is 10.1. The fraction of sp³-hybridized carbons (Fsp3) is 0.111. The van der Waals surface area contributed by atoms with Gasteiger partial charge in [-0.15, -0.1) is 0 Å². The second kappa shape index (κ2) is 5.25. The summed E-state index contributed by atoms with van der Waals surface area (Å²) in [5.74, 6) is 0.779. The van der Waals surface area contributed by atoms with E-state index in [1.165, 1.54) is 5.56 Å². The van der Waals surface area contributed by atoms with Crippen molar-refractivity contribution < 1.29 is 0 Å². The summed E-state index contributed by atoms with van der Waals surface area (Å²) >= 11 is 0. The Morgan fingerprint density at radius 2 is 1.40 bits per heavy atom. The largest absolute Gasteiger partial charge is 0.233 e. The van der Waals surface area contributed by atoms with E-state index < -0.39 is 0 Å². The molecule has 0 radical (unpaired) electrons. The normalized spacial score (nSPS) is 10.5. The Morgan fingerprint density at radius 1 is 0.700 bits per heavy atom. The molecule has 1 aromatic heterocycles. The van der Waals surface area contributed by atoms with E-state index in [1.54, 1.807) is 0 Å². The topological polar surface area (TPSA) is 25.8 Å². The van der Waals surface area contributed by atoms with E-state index in [9.17, 15) is 0 Å². The highest BCUT2D eigenvalue weighted by atomic mass is 14.9. The molecule has 0 amide bonds. The summed E-state index contributed by atoms with van der Waals surface area (Å²) in [7, 11) is 0. The molecule has 0 unspecified atom stereocenters. The second-order valence-corrected chi connectivity index (χ2v) is 4.95. The summed E-state index contributed by atoms with van der Waals surface area (Å²) < 4.78 is 0. The van der Waals surface area contributed by atoms with Gasteiger partial charge in [-0.25, -0.2) is 9.97 Å². The van der Waals surface area contributed by atoms with Gasteiger partial charge in [-0.05, 0) is 19.9 Å². The maximum Gasteiger partial charge on any atom is 0.160 e. The first kappa shape index (κ1) is 12.5. The highest BCUT2D eigenvalue weighted by Crippen LogP contribution is 2.22. The molecule has 2 aromatic carbocycles. The molecular formula is C18H16N2.